The van der Waals surface area contributed by atoms with E-state index in [0.29, 0.717) is 11.7 Å². The second-order valence-corrected chi connectivity index (χ2v) is 2.01. The van der Waals surface area contributed by atoms with Crippen molar-refractivity contribution in [3.8, 4) is 0 Å². The summed E-state index contributed by atoms with van der Waals surface area (Å²) in [5, 5.41) is 12.2. The van der Waals surface area contributed by atoms with E-state index in [1.165, 1.54) is 0 Å². The van der Waals surface area contributed by atoms with Gasteiger partial charge in [0, 0.05) is 6.42 Å². The first-order chi connectivity index (χ1) is 4.86. The molecular weight excluding hydrogens is 132 g/mol. The van der Waals surface area contributed by atoms with Crippen LogP contribution in [0.5, 0.6) is 0 Å². The van der Waals surface area contributed by atoms with E-state index in [-0.39, 0.29) is 6.61 Å². The van der Waals surface area contributed by atoms with Gasteiger partial charge in [0.2, 0.25) is 0 Å². The lowest BCUT2D eigenvalue weighted by molar-refractivity contribution is 0.222. The number of aliphatic hydroxyl groups excluding tert-OH is 1. The molecule has 10 heavy (non-hydrogen) atoms. The fourth-order valence-electron chi connectivity index (χ4n) is 0.680. The van der Waals surface area contributed by atoms with Crippen LogP contribution in [-0.2, 0) is 13.0 Å². The Labute approximate surface area is 58.9 Å². The quantitative estimate of drug-likeness (QED) is 0.668. The molecule has 0 aliphatic carbocycles. The number of hydrogen-bond acceptors (Lipinski definition) is 4. The number of aryl methyl sites for hydroxylation is 1. The molecule has 1 rings (SSSR count). The van der Waals surface area contributed by atoms with Crippen LogP contribution in [0, 0.1) is 0 Å². The van der Waals surface area contributed by atoms with E-state index < -0.39 is 0 Å². The van der Waals surface area contributed by atoms with Crippen molar-refractivity contribution in [2.45, 2.75) is 26.4 Å². The zero-order valence-corrected chi connectivity index (χ0v) is 5.87. The fourth-order valence-corrected chi connectivity index (χ4v) is 0.680. The van der Waals surface area contributed by atoms with Crippen molar-refractivity contribution in [3.05, 3.63) is 11.7 Å². The summed E-state index contributed by atoms with van der Waals surface area (Å²) in [6.45, 7) is 1.87. The van der Waals surface area contributed by atoms with Gasteiger partial charge in [0.1, 0.15) is 6.61 Å². The minimum absolute atomic E-state index is 0.170. The van der Waals surface area contributed by atoms with E-state index in [2.05, 4.69) is 14.7 Å². The lowest BCUT2D eigenvalue weighted by atomic mass is 10.3. The van der Waals surface area contributed by atoms with Gasteiger partial charge in [0.15, 0.2) is 5.82 Å². The monoisotopic (exact) mass is 142 g/mol. The molecule has 0 aromatic carbocycles. The number of aromatic nitrogens is 2. The molecular formula is C6H10N2O2. The predicted molar refractivity (Wildman–Crippen MR) is 34.2 cm³/mol. The Morgan fingerprint density at radius 3 is 2.90 bits per heavy atom. The molecule has 0 radical (unpaired) electrons. The van der Waals surface area contributed by atoms with E-state index in [0.717, 1.165) is 12.8 Å². The fraction of sp³-hybridized carbons (Fsp3) is 0.667. The van der Waals surface area contributed by atoms with E-state index in [4.69, 9.17) is 5.11 Å². The molecule has 0 aliphatic heterocycles. The molecule has 0 spiro atoms. The predicted octanol–water partition coefficient (Wildman–Crippen LogP) is 0.514. The van der Waals surface area contributed by atoms with Crippen LogP contribution in [0.25, 0.3) is 0 Å². The number of aliphatic hydroxyl groups is 1. The summed E-state index contributed by atoms with van der Waals surface area (Å²) in [5.74, 6) is 0.968. The van der Waals surface area contributed by atoms with Crippen LogP contribution in [0.2, 0.25) is 0 Å². The molecule has 4 heteroatoms. The van der Waals surface area contributed by atoms with Crippen molar-refractivity contribution >= 4 is 0 Å². The minimum atomic E-state index is -0.170. The average Bonchev–Trinajstić information content (AvgIpc) is 2.37. The van der Waals surface area contributed by atoms with Gasteiger partial charge in [-0.3, -0.25) is 0 Å². The van der Waals surface area contributed by atoms with E-state index >= 15 is 0 Å². The van der Waals surface area contributed by atoms with Crippen LogP contribution in [0.3, 0.4) is 0 Å². The highest BCUT2D eigenvalue weighted by Crippen LogP contribution is 1.98. The Bertz CT molecular complexity index is 197. The van der Waals surface area contributed by atoms with Gasteiger partial charge in [-0.2, -0.15) is 4.98 Å². The molecule has 56 valence electrons. The lowest BCUT2D eigenvalue weighted by Gasteiger charge is -1.82. The molecule has 0 unspecified atom stereocenters. The molecule has 0 atom stereocenters. The van der Waals surface area contributed by atoms with Crippen LogP contribution < -0.4 is 0 Å². The molecule has 1 N–H and O–H groups in total. The smallest absolute Gasteiger partial charge is 0.252 e. The highest BCUT2D eigenvalue weighted by atomic mass is 16.5. The van der Waals surface area contributed by atoms with Crippen LogP contribution in [-0.4, -0.2) is 15.2 Å². The highest BCUT2D eigenvalue weighted by molar-refractivity contribution is 4.83. The zero-order chi connectivity index (χ0) is 7.40. The Hall–Kier alpha value is -0.900. The average molecular weight is 142 g/mol. The van der Waals surface area contributed by atoms with Crippen LogP contribution in [0.1, 0.15) is 25.1 Å². The third-order valence-corrected chi connectivity index (χ3v) is 1.12. The molecule has 1 aromatic heterocycles. The minimum Gasteiger partial charge on any atom is -0.387 e. The maximum atomic E-state index is 8.52. The molecule has 1 aromatic rings. The molecule has 1 heterocycles. The standard InChI is InChI=1S/C6H10N2O2/c1-2-3-5-7-6(4-9)10-8-5/h9H,2-4H2,1H3. The van der Waals surface area contributed by atoms with Gasteiger partial charge < -0.3 is 9.63 Å². The molecule has 0 fully saturated rings. The van der Waals surface area contributed by atoms with Gasteiger partial charge in [-0.25, -0.2) is 0 Å². The van der Waals surface area contributed by atoms with Gasteiger partial charge in [0.05, 0.1) is 0 Å². The number of hydrogen-bond donors (Lipinski definition) is 1. The van der Waals surface area contributed by atoms with Crippen molar-refractivity contribution in [1.29, 1.82) is 0 Å². The number of nitrogens with zero attached hydrogens (tertiary/aromatic N) is 2. The third-order valence-electron chi connectivity index (χ3n) is 1.12. The summed E-state index contributed by atoms with van der Waals surface area (Å²) in [6, 6.07) is 0. The molecule has 0 saturated heterocycles. The first kappa shape index (κ1) is 7.21. The zero-order valence-electron chi connectivity index (χ0n) is 5.87. The summed E-state index contributed by atoms with van der Waals surface area (Å²) < 4.78 is 4.66. The van der Waals surface area contributed by atoms with Gasteiger partial charge >= 0.3 is 0 Å². The second kappa shape index (κ2) is 3.31. The van der Waals surface area contributed by atoms with Gasteiger partial charge in [-0.1, -0.05) is 12.1 Å². The largest absolute Gasteiger partial charge is 0.387 e. The molecule has 4 nitrogen and oxygen atoms in total. The van der Waals surface area contributed by atoms with Crippen molar-refractivity contribution < 1.29 is 9.63 Å². The third kappa shape index (κ3) is 1.54. The van der Waals surface area contributed by atoms with E-state index in [9.17, 15) is 0 Å². The lowest BCUT2D eigenvalue weighted by Crippen LogP contribution is -1.86. The number of rotatable bonds is 3. The topological polar surface area (TPSA) is 59.2 Å². The van der Waals surface area contributed by atoms with E-state index in [1.807, 2.05) is 6.92 Å². The maximum Gasteiger partial charge on any atom is 0.252 e. The van der Waals surface area contributed by atoms with Crippen molar-refractivity contribution in [3.63, 3.8) is 0 Å². The van der Waals surface area contributed by atoms with Crippen molar-refractivity contribution in [2.75, 3.05) is 0 Å². The Morgan fingerprint density at radius 1 is 1.60 bits per heavy atom. The normalized spacial score (nSPS) is 10.2. The summed E-state index contributed by atoms with van der Waals surface area (Å²) in [6.07, 6.45) is 1.80. The van der Waals surface area contributed by atoms with E-state index in [1.54, 1.807) is 0 Å². The Morgan fingerprint density at radius 2 is 2.40 bits per heavy atom. The highest BCUT2D eigenvalue weighted by Gasteiger charge is 2.01. The molecule has 0 saturated carbocycles. The Kier molecular flexibility index (Phi) is 2.39. The van der Waals surface area contributed by atoms with Crippen LogP contribution in [0.4, 0.5) is 0 Å². The summed E-state index contributed by atoms with van der Waals surface area (Å²) >= 11 is 0. The van der Waals surface area contributed by atoms with Gasteiger partial charge in [-0.05, 0) is 6.42 Å². The van der Waals surface area contributed by atoms with Crippen molar-refractivity contribution in [2.24, 2.45) is 0 Å². The first-order valence-corrected chi connectivity index (χ1v) is 3.29. The van der Waals surface area contributed by atoms with Gasteiger partial charge in [0.25, 0.3) is 5.89 Å². The van der Waals surface area contributed by atoms with Crippen molar-refractivity contribution in [1.82, 2.24) is 10.1 Å². The molecule has 0 bridgehead atoms. The summed E-state index contributed by atoms with van der Waals surface area (Å²) in [7, 11) is 0. The molecule has 0 aliphatic rings. The first-order valence-electron chi connectivity index (χ1n) is 3.29. The van der Waals surface area contributed by atoms with Gasteiger partial charge in [-0.15, -0.1) is 0 Å². The maximum absolute atomic E-state index is 8.52. The Balaban J connectivity index is 2.59. The molecule has 0 amide bonds. The SMILES string of the molecule is CCCc1noc(CO)n1. The van der Waals surface area contributed by atoms with Crippen LogP contribution in [0.15, 0.2) is 4.52 Å². The van der Waals surface area contributed by atoms with Crippen LogP contribution >= 0.6 is 0 Å². The summed E-state index contributed by atoms with van der Waals surface area (Å²) in [4.78, 5) is 3.89. The summed E-state index contributed by atoms with van der Waals surface area (Å²) in [5.41, 5.74) is 0. The second-order valence-electron chi connectivity index (χ2n) is 2.01.